The van der Waals surface area contributed by atoms with Crippen LogP contribution in [0, 0.1) is 0 Å². The normalized spacial score (nSPS) is 11.0. The average molecular weight is 438 g/mol. The maximum absolute atomic E-state index is 12.8. The highest BCUT2D eigenvalue weighted by molar-refractivity contribution is 7.17. The predicted octanol–water partition coefficient (Wildman–Crippen LogP) is 2.05. The van der Waals surface area contributed by atoms with Crippen LogP contribution in [-0.4, -0.2) is 45.3 Å². The van der Waals surface area contributed by atoms with Gasteiger partial charge in [-0.1, -0.05) is 24.7 Å². The molecule has 0 aliphatic heterocycles. The highest BCUT2D eigenvalue weighted by Gasteiger charge is 2.19. The van der Waals surface area contributed by atoms with Crippen molar-refractivity contribution in [2.45, 2.75) is 32.9 Å². The maximum Gasteiger partial charge on any atom is 0.339 e. The molecule has 0 unspecified atom stereocenters. The number of amides is 1. The second kappa shape index (κ2) is 9.67. The van der Waals surface area contributed by atoms with E-state index in [-0.39, 0.29) is 24.1 Å². The molecule has 0 aliphatic carbocycles. The van der Waals surface area contributed by atoms with E-state index in [9.17, 15) is 14.4 Å². The summed E-state index contributed by atoms with van der Waals surface area (Å²) in [6, 6.07) is 0. The third-order valence-corrected chi connectivity index (χ3v) is 5.51. The van der Waals surface area contributed by atoms with Crippen molar-refractivity contribution >= 4 is 49.9 Å². The first-order chi connectivity index (χ1) is 14.0. The number of carbonyl (C=O) groups excluding carboxylic acids is 2. The Hall–Kier alpha value is -2.70. The molecule has 0 fully saturated rings. The Morgan fingerprint density at radius 1 is 1.31 bits per heavy atom. The summed E-state index contributed by atoms with van der Waals surface area (Å²) in [4.78, 5) is 42.0. The zero-order valence-corrected chi connectivity index (χ0v) is 17.5. The Kier molecular flexibility index (Phi) is 7.01. The number of hydrogen-bond acceptors (Lipinski definition) is 10. The molecule has 29 heavy (non-hydrogen) atoms. The van der Waals surface area contributed by atoms with Crippen molar-refractivity contribution in [2.24, 2.45) is 0 Å². The number of aromatic nitrogens is 4. The minimum absolute atomic E-state index is 0.157. The Balaban J connectivity index is 1.76. The number of nitrogens with one attached hydrogen (secondary N) is 1. The first-order valence-corrected chi connectivity index (χ1v) is 10.5. The molecule has 3 aromatic heterocycles. The minimum atomic E-state index is -0.565. The summed E-state index contributed by atoms with van der Waals surface area (Å²) < 4.78 is 11.3. The van der Waals surface area contributed by atoms with E-state index in [0.29, 0.717) is 21.6 Å². The third kappa shape index (κ3) is 5.02. The van der Waals surface area contributed by atoms with Crippen molar-refractivity contribution in [1.82, 2.24) is 19.7 Å². The summed E-state index contributed by atoms with van der Waals surface area (Å²) in [7, 11) is 1.54. The molecule has 10 nitrogen and oxygen atoms in total. The van der Waals surface area contributed by atoms with Crippen LogP contribution in [0.1, 0.15) is 35.1 Å². The van der Waals surface area contributed by atoms with Crippen LogP contribution in [0.4, 0.5) is 5.13 Å². The molecule has 0 atom stereocenters. The van der Waals surface area contributed by atoms with E-state index in [1.54, 1.807) is 5.38 Å². The quantitative estimate of drug-likeness (QED) is 0.398. The largest absolute Gasteiger partial charge is 0.462 e. The van der Waals surface area contributed by atoms with E-state index in [1.165, 1.54) is 36.1 Å². The third-order valence-electron chi connectivity index (χ3n) is 3.81. The highest BCUT2D eigenvalue weighted by Crippen LogP contribution is 2.22. The summed E-state index contributed by atoms with van der Waals surface area (Å²) in [6.07, 6.45) is 2.92. The lowest BCUT2D eigenvalue weighted by Crippen LogP contribution is -2.28. The summed E-state index contributed by atoms with van der Waals surface area (Å²) in [5.74, 6) is -1.03. The fraction of sp³-hybridized carbons (Fsp3) is 0.412. The van der Waals surface area contributed by atoms with Gasteiger partial charge < -0.3 is 9.47 Å². The molecule has 3 aromatic rings. The number of ether oxygens (including phenoxy) is 2. The van der Waals surface area contributed by atoms with Crippen molar-refractivity contribution in [3.8, 4) is 0 Å². The molecular formula is C17H19N5O5S2. The molecule has 3 rings (SSSR count). The molecule has 0 aliphatic rings. The molecule has 1 amide bonds. The topological polar surface area (TPSA) is 125 Å². The Morgan fingerprint density at radius 2 is 2.14 bits per heavy atom. The first kappa shape index (κ1) is 21.0. The van der Waals surface area contributed by atoms with Gasteiger partial charge in [0, 0.05) is 12.5 Å². The second-order valence-corrected chi connectivity index (χ2v) is 7.90. The van der Waals surface area contributed by atoms with Crippen LogP contribution in [0.5, 0.6) is 0 Å². The number of rotatable bonds is 9. The van der Waals surface area contributed by atoms with Gasteiger partial charge in [-0.05, 0) is 6.42 Å². The Morgan fingerprint density at radius 3 is 2.90 bits per heavy atom. The van der Waals surface area contributed by atoms with Gasteiger partial charge in [0.25, 0.3) is 5.56 Å². The minimum Gasteiger partial charge on any atom is -0.462 e. The zero-order valence-electron chi connectivity index (χ0n) is 15.8. The fourth-order valence-corrected chi connectivity index (χ4v) is 4.01. The first-order valence-electron chi connectivity index (χ1n) is 8.78. The Labute approximate surface area is 173 Å². The number of esters is 1. The van der Waals surface area contributed by atoms with Crippen LogP contribution < -0.4 is 10.9 Å². The molecule has 0 saturated heterocycles. The molecule has 0 saturated carbocycles. The van der Waals surface area contributed by atoms with Crippen LogP contribution in [0.15, 0.2) is 16.5 Å². The number of anilines is 1. The smallest absolute Gasteiger partial charge is 0.339 e. The van der Waals surface area contributed by atoms with Gasteiger partial charge in [0.2, 0.25) is 11.0 Å². The van der Waals surface area contributed by atoms with Crippen molar-refractivity contribution in [2.75, 3.05) is 19.0 Å². The van der Waals surface area contributed by atoms with Gasteiger partial charge in [-0.15, -0.1) is 21.5 Å². The van der Waals surface area contributed by atoms with Gasteiger partial charge in [0.1, 0.15) is 23.0 Å². The van der Waals surface area contributed by atoms with Crippen LogP contribution in [0.2, 0.25) is 0 Å². The number of methoxy groups -OCH3 is 1. The molecule has 3 heterocycles. The van der Waals surface area contributed by atoms with Crippen molar-refractivity contribution in [3.05, 3.63) is 32.6 Å². The lowest BCUT2D eigenvalue weighted by atomic mass is 10.2. The molecule has 12 heteroatoms. The van der Waals surface area contributed by atoms with Gasteiger partial charge in [-0.2, -0.15) is 0 Å². The summed E-state index contributed by atoms with van der Waals surface area (Å²) in [5, 5.41) is 12.9. The zero-order chi connectivity index (χ0) is 20.8. The average Bonchev–Trinajstić information content (AvgIpc) is 3.32. The molecule has 154 valence electrons. The number of unbranched alkanes of at least 4 members (excludes halogenated alkanes) is 1. The van der Waals surface area contributed by atoms with E-state index in [4.69, 9.17) is 9.47 Å². The lowest BCUT2D eigenvalue weighted by molar-refractivity contribution is -0.116. The van der Waals surface area contributed by atoms with E-state index in [2.05, 4.69) is 20.5 Å². The van der Waals surface area contributed by atoms with Crippen molar-refractivity contribution in [3.63, 3.8) is 0 Å². The van der Waals surface area contributed by atoms with Gasteiger partial charge in [-0.25, -0.2) is 9.78 Å². The van der Waals surface area contributed by atoms with Crippen LogP contribution >= 0.6 is 22.7 Å². The highest BCUT2D eigenvalue weighted by atomic mass is 32.1. The molecular weight excluding hydrogens is 418 g/mol. The summed E-state index contributed by atoms with van der Waals surface area (Å²) in [6.45, 7) is 2.29. The molecule has 0 bridgehead atoms. The number of thiophene rings is 1. The van der Waals surface area contributed by atoms with E-state index in [0.717, 1.165) is 17.4 Å². The number of nitrogens with zero attached hydrogens (tertiary/aromatic N) is 4. The van der Waals surface area contributed by atoms with Gasteiger partial charge in [0.15, 0.2) is 0 Å². The van der Waals surface area contributed by atoms with Crippen molar-refractivity contribution < 1.29 is 19.1 Å². The van der Waals surface area contributed by atoms with Crippen molar-refractivity contribution in [1.29, 1.82) is 0 Å². The monoisotopic (exact) mass is 437 g/mol. The van der Waals surface area contributed by atoms with Crippen LogP contribution in [0.25, 0.3) is 10.2 Å². The maximum atomic E-state index is 12.8. The Bertz CT molecular complexity index is 1070. The lowest BCUT2D eigenvalue weighted by Gasteiger charge is -2.06. The van der Waals surface area contributed by atoms with Gasteiger partial charge in [0.05, 0.1) is 23.9 Å². The summed E-state index contributed by atoms with van der Waals surface area (Å²) in [5.41, 5.74) is -0.312. The molecule has 0 aromatic carbocycles. The number of hydrogen-bond donors (Lipinski definition) is 1. The molecule has 0 spiro atoms. The number of carbonyl (C=O) groups is 2. The van der Waals surface area contributed by atoms with Crippen LogP contribution in [0.3, 0.4) is 0 Å². The summed E-state index contributed by atoms with van der Waals surface area (Å²) >= 11 is 2.36. The standard InChI is InChI=1S/C17H19N5O5S2/c1-3-4-5-27-16(25)10-8-28-14-13(10)15(24)22(9-18-14)6-11(23)19-17-21-20-12(29-17)7-26-2/h8-9H,3-7H2,1-2H3,(H,19,21,23). The van der Waals surface area contributed by atoms with Gasteiger partial charge >= 0.3 is 5.97 Å². The van der Waals surface area contributed by atoms with E-state index < -0.39 is 17.4 Å². The van der Waals surface area contributed by atoms with E-state index >= 15 is 0 Å². The predicted molar refractivity (Wildman–Crippen MR) is 108 cm³/mol. The number of fused-ring (bicyclic) bond motifs is 1. The molecule has 1 N–H and O–H groups in total. The van der Waals surface area contributed by atoms with E-state index in [1.807, 2.05) is 6.92 Å². The fourth-order valence-electron chi connectivity index (χ4n) is 2.42. The van der Waals surface area contributed by atoms with Crippen LogP contribution in [-0.2, 0) is 27.4 Å². The molecule has 0 radical (unpaired) electrons. The van der Waals surface area contributed by atoms with Gasteiger partial charge in [-0.3, -0.25) is 19.5 Å². The SMILES string of the molecule is CCCCOC(=O)c1csc2ncn(CC(=O)Nc3nnc(COC)s3)c(=O)c12. The second-order valence-electron chi connectivity index (χ2n) is 5.98.